The molecule has 2 N–H and O–H groups in total. The molecule has 11 heteroatoms. The average molecular weight is 528 g/mol. The van der Waals surface area contributed by atoms with Gasteiger partial charge in [-0.2, -0.15) is 5.10 Å². The van der Waals surface area contributed by atoms with Crippen molar-refractivity contribution in [2.75, 3.05) is 32.5 Å². The Morgan fingerprint density at radius 3 is 2.73 bits per heavy atom. The Morgan fingerprint density at radius 1 is 1.19 bits per heavy atom. The number of hydrogen-bond acceptors (Lipinski definition) is 8. The van der Waals surface area contributed by atoms with Crippen molar-refractivity contribution in [3.8, 4) is 21.9 Å². The second kappa shape index (κ2) is 11.1. The Hall–Kier alpha value is -3.70. The highest BCUT2D eigenvalue weighted by atomic mass is 32.1. The number of anilines is 1. The molecule has 0 atom stereocenters. The van der Waals surface area contributed by atoms with Crippen LogP contribution in [0.25, 0.3) is 20.7 Å². The summed E-state index contributed by atoms with van der Waals surface area (Å²) in [5.41, 5.74) is 7.01. The van der Waals surface area contributed by atoms with Gasteiger partial charge in [0, 0.05) is 60.9 Å². The molecule has 0 unspecified atom stereocenters. The highest BCUT2D eigenvalue weighted by molar-refractivity contribution is 7.22. The van der Waals surface area contributed by atoms with Crippen LogP contribution in [0.15, 0.2) is 48.9 Å². The number of nitrogens with two attached hydrogens (primary N) is 1. The van der Waals surface area contributed by atoms with E-state index < -0.39 is 17.5 Å². The van der Waals surface area contributed by atoms with E-state index in [-0.39, 0.29) is 5.75 Å². The van der Waals surface area contributed by atoms with E-state index in [2.05, 4.69) is 10.1 Å². The maximum Gasteiger partial charge on any atom is 0.410 e. The van der Waals surface area contributed by atoms with Crippen LogP contribution >= 0.6 is 11.3 Å². The number of amides is 1. The Labute approximate surface area is 218 Å². The number of hydrogen-bond donors (Lipinski definition) is 1. The first-order chi connectivity index (χ1) is 17.6. The molecule has 0 aliphatic rings. The summed E-state index contributed by atoms with van der Waals surface area (Å²) in [4.78, 5) is 19.6. The number of carbonyl (C=O) groups excluding carboxylic acids is 1. The fraction of sp³-hybridized carbons (Fsp3) is 0.346. The van der Waals surface area contributed by atoms with E-state index in [0.29, 0.717) is 37.7 Å². The normalized spacial score (nSPS) is 11.6. The number of fused-ring (bicyclic) bond motifs is 1. The molecule has 0 aliphatic heterocycles. The fourth-order valence-electron chi connectivity index (χ4n) is 3.51. The lowest BCUT2D eigenvalue weighted by atomic mass is 10.2. The first-order valence-corrected chi connectivity index (χ1v) is 12.6. The molecule has 37 heavy (non-hydrogen) atoms. The Bertz CT molecular complexity index is 1380. The number of methoxy groups -OCH3 is 1. The number of halogens is 1. The maximum absolute atomic E-state index is 14.3. The van der Waals surface area contributed by atoms with Crippen LogP contribution in [0, 0.1) is 5.82 Å². The van der Waals surface area contributed by atoms with Gasteiger partial charge in [-0.1, -0.05) is 0 Å². The second-order valence-electron chi connectivity index (χ2n) is 9.38. The Kier molecular flexibility index (Phi) is 7.94. The molecule has 0 fully saturated rings. The van der Waals surface area contributed by atoms with Gasteiger partial charge in [-0.25, -0.2) is 9.18 Å². The van der Waals surface area contributed by atoms with Crippen LogP contribution in [0.2, 0.25) is 0 Å². The molecule has 9 nitrogen and oxygen atoms in total. The molecule has 0 saturated heterocycles. The van der Waals surface area contributed by atoms with Crippen LogP contribution in [0.5, 0.6) is 11.5 Å². The third-order valence-electron chi connectivity index (χ3n) is 5.29. The molecule has 4 aromatic rings. The van der Waals surface area contributed by atoms with Crippen molar-refractivity contribution in [2.24, 2.45) is 0 Å². The summed E-state index contributed by atoms with van der Waals surface area (Å²) in [6.45, 7) is 7.22. The SMILES string of the molecule is COCCN(CCn1cc(-c2cc3nccc(Oc4ccc(N)cc4F)c3s2)cn1)C(=O)OC(C)(C)C. The molecule has 0 saturated carbocycles. The summed E-state index contributed by atoms with van der Waals surface area (Å²) >= 11 is 1.48. The molecular formula is C26H30FN5O4S. The fourth-order valence-corrected chi connectivity index (χ4v) is 4.55. The predicted octanol–water partition coefficient (Wildman–Crippen LogP) is 5.56. The van der Waals surface area contributed by atoms with E-state index in [1.54, 1.807) is 41.2 Å². The molecular weight excluding hydrogens is 497 g/mol. The number of benzene rings is 1. The molecule has 0 radical (unpaired) electrons. The number of rotatable bonds is 9. The van der Waals surface area contributed by atoms with E-state index in [1.165, 1.54) is 23.5 Å². The summed E-state index contributed by atoms with van der Waals surface area (Å²) in [6, 6.07) is 7.96. The van der Waals surface area contributed by atoms with Gasteiger partial charge < -0.3 is 24.8 Å². The lowest BCUT2D eigenvalue weighted by molar-refractivity contribution is 0.0193. The third kappa shape index (κ3) is 6.75. The van der Waals surface area contributed by atoms with Gasteiger partial charge in [-0.05, 0) is 39.0 Å². The van der Waals surface area contributed by atoms with Gasteiger partial charge in [0.15, 0.2) is 11.6 Å². The van der Waals surface area contributed by atoms with Crippen LogP contribution in [0.3, 0.4) is 0 Å². The maximum atomic E-state index is 14.3. The van der Waals surface area contributed by atoms with Crippen LogP contribution < -0.4 is 10.5 Å². The molecule has 3 heterocycles. The number of ether oxygens (including phenoxy) is 3. The van der Waals surface area contributed by atoms with Crippen LogP contribution in [-0.4, -0.2) is 58.2 Å². The van der Waals surface area contributed by atoms with Gasteiger partial charge in [0.25, 0.3) is 0 Å². The molecule has 0 bridgehead atoms. The number of nitrogens with zero attached hydrogens (tertiary/aromatic N) is 4. The second-order valence-corrected chi connectivity index (χ2v) is 10.4. The van der Waals surface area contributed by atoms with E-state index in [0.717, 1.165) is 20.7 Å². The highest BCUT2D eigenvalue weighted by Gasteiger charge is 2.22. The number of pyridine rings is 1. The van der Waals surface area contributed by atoms with Crippen molar-refractivity contribution in [1.82, 2.24) is 19.7 Å². The lowest BCUT2D eigenvalue weighted by Gasteiger charge is -2.27. The number of aromatic nitrogens is 3. The van der Waals surface area contributed by atoms with Crippen molar-refractivity contribution >= 4 is 33.3 Å². The van der Waals surface area contributed by atoms with E-state index in [9.17, 15) is 9.18 Å². The third-order valence-corrected chi connectivity index (χ3v) is 6.47. The van der Waals surface area contributed by atoms with Crippen molar-refractivity contribution in [3.05, 3.63) is 54.7 Å². The van der Waals surface area contributed by atoms with Crippen molar-refractivity contribution in [2.45, 2.75) is 32.9 Å². The zero-order valence-corrected chi connectivity index (χ0v) is 22.0. The Balaban J connectivity index is 1.49. The molecule has 1 aromatic carbocycles. The van der Waals surface area contributed by atoms with Crippen LogP contribution in [-0.2, 0) is 16.0 Å². The monoisotopic (exact) mass is 527 g/mol. The predicted molar refractivity (Wildman–Crippen MR) is 141 cm³/mol. The first-order valence-electron chi connectivity index (χ1n) is 11.7. The summed E-state index contributed by atoms with van der Waals surface area (Å²) in [5, 5.41) is 4.46. The van der Waals surface area contributed by atoms with E-state index in [4.69, 9.17) is 19.9 Å². The zero-order chi connectivity index (χ0) is 26.6. The van der Waals surface area contributed by atoms with Gasteiger partial charge in [0.05, 0.1) is 29.6 Å². The Morgan fingerprint density at radius 2 is 2.00 bits per heavy atom. The van der Waals surface area contributed by atoms with Crippen LogP contribution in [0.4, 0.5) is 14.9 Å². The van der Waals surface area contributed by atoms with Gasteiger partial charge >= 0.3 is 6.09 Å². The van der Waals surface area contributed by atoms with Gasteiger partial charge in [-0.15, -0.1) is 11.3 Å². The number of thiophene rings is 1. The van der Waals surface area contributed by atoms with Crippen molar-refractivity contribution < 1.29 is 23.4 Å². The molecule has 1 amide bonds. The standard InChI is InChI=1S/C26H30FN5O4S/c1-26(2,3)36-25(33)31(11-12-34-4)9-10-32-16-17(15-30-32)23-14-20-24(37-23)22(7-8-29-20)35-21-6-5-18(28)13-19(21)27/h5-8,13-16H,9-12,28H2,1-4H3. The zero-order valence-electron chi connectivity index (χ0n) is 21.2. The molecule has 196 valence electrons. The lowest BCUT2D eigenvalue weighted by Crippen LogP contribution is -2.40. The number of carbonyl (C=O) groups is 1. The van der Waals surface area contributed by atoms with Gasteiger partial charge in [-0.3, -0.25) is 9.67 Å². The molecule has 0 aliphatic carbocycles. The summed E-state index contributed by atoms with van der Waals surface area (Å²) in [6.07, 6.45) is 4.90. The molecule has 0 spiro atoms. The van der Waals surface area contributed by atoms with E-state index in [1.807, 2.05) is 33.0 Å². The van der Waals surface area contributed by atoms with Crippen molar-refractivity contribution in [3.63, 3.8) is 0 Å². The minimum atomic E-state index is -0.585. The minimum Gasteiger partial charge on any atom is -0.453 e. The molecule has 4 rings (SSSR count). The van der Waals surface area contributed by atoms with Gasteiger partial charge in [0.1, 0.15) is 11.4 Å². The largest absolute Gasteiger partial charge is 0.453 e. The van der Waals surface area contributed by atoms with E-state index >= 15 is 0 Å². The average Bonchev–Trinajstić information content (AvgIpc) is 3.47. The smallest absolute Gasteiger partial charge is 0.410 e. The minimum absolute atomic E-state index is 0.0903. The summed E-state index contributed by atoms with van der Waals surface area (Å²) < 4.78 is 33.3. The topological polar surface area (TPSA) is 105 Å². The summed E-state index contributed by atoms with van der Waals surface area (Å²) in [7, 11) is 1.59. The molecule has 3 aromatic heterocycles. The van der Waals surface area contributed by atoms with Crippen molar-refractivity contribution in [1.29, 1.82) is 0 Å². The van der Waals surface area contributed by atoms with Crippen LogP contribution in [0.1, 0.15) is 20.8 Å². The van der Waals surface area contributed by atoms with Gasteiger partial charge in [0.2, 0.25) is 0 Å². The first kappa shape index (κ1) is 26.4. The summed E-state index contributed by atoms with van der Waals surface area (Å²) in [5.74, 6) is 0.0601. The quantitative estimate of drug-likeness (QED) is 0.284. The number of nitrogen functional groups attached to an aromatic ring is 1. The highest BCUT2D eigenvalue weighted by Crippen LogP contribution is 2.39.